The first-order valence-electron chi connectivity index (χ1n) is 6.47. The van der Waals surface area contributed by atoms with Crippen molar-refractivity contribution >= 4 is 17.3 Å². The zero-order chi connectivity index (χ0) is 14.8. The van der Waals surface area contributed by atoms with Crippen LogP contribution >= 0.6 is 11.8 Å². The first kappa shape index (κ1) is 13.7. The van der Waals surface area contributed by atoms with Crippen LogP contribution in [0.3, 0.4) is 0 Å². The van der Waals surface area contributed by atoms with Gasteiger partial charge in [-0.2, -0.15) is 5.26 Å². The van der Waals surface area contributed by atoms with Gasteiger partial charge < -0.3 is 14.1 Å². The Balaban J connectivity index is 1.88. The van der Waals surface area contributed by atoms with Crippen LogP contribution in [0, 0.1) is 11.3 Å². The minimum atomic E-state index is -0.0242. The van der Waals surface area contributed by atoms with Gasteiger partial charge in [0.1, 0.15) is 6.07 Å². The topological polar surface area (TPSA) is 66.2 Å². The number of imidazole rings is 1. The first-order valence-corrected chi connectivity index (χ1v) is 7.46. The van der Waals surface area contributed by atoms with Gasteiger partial charge in [0.15, 0.2) is 5.16 Å². The van der Waals surface area contributed by atoms with Crippen LogP contribution < -0.4 is 0 Å². The Morgan fingerprint density at radius 3 is 3.00 bits per heavy atom. The summed E-state index contributed by atoms with van der Waals surface area (Å²) in [4.78, 5) is 4.29. The molecule has 0 radical (unpaired) electrons. The average molecular weight is 298 g/mol. The zero-order valence-corrected chi connectivity index (χ0v) is 12.3. The number of hydrogen-bond acceptors (Lipinski definition) is 4. The molecule has 1 N–H and O–H groups in total. The van der Waals surface area contributed by atoms with E-state index in [1.54, 1.807) is 18.0 Å². The van der Waals surface area contributed by atoms with Gasteiger partial charge in [-0.3, -0.25) is 0 Å². The second-order valence-electron chi connectivity index (χ2n) is 4.67. The van der Waals surface area contributed by atoms with Crippen molar-refractivity contribution in [2.45, 2.75) is 17.5 Å². The Morgan fingerprint density at radius 1 is 1.43 bits per heavy atom. The standard InChI is InChI=1S/C15H14N4OS/c1-18-12(9-20)7-17-15(18)21-10-11-8-19-5-3-2-4-14(19)13(11)6-16/h2-5,7-8,20H,9-10H2,1H3. The molecule has 3 aromatic rings. The molecule has 3 aromatic heterocycles. The summed E-state index contributed by atoms with van der Waals surface area (Å²) >= 11 is 1.56. The van der Waals surface area contributed by atoms with E-state index in [1.165, 1.54) is 0 Å². The molecule has 0 aliphatic rings. The van der Waals surface area contributed by atoms with Gasteiger partial charge in [-0.15, -0.1) is 0 Å². The SMILES string of the molecule is Cn1c(CO)cnc1SCc1cn2ccccc2c1C#N. The van der Waals surface area contributed by atoms with Crippen molar-refractivity contribution in [2.75, 3.05) is 0 Å². The third-order valence-electron chi connectivity index (χ3n) is 3.43. The summed E-state index contributed by atoms with van der Waals surface area (Å²) in [7, 11) is 1.88. The fourth-order valence-electron chi connectivity index (χ4n) is 2.27. The minimum Gasteiger partial charge on any atom is -0.390 e. The average Bonchev–Trinajstić information content (AvgIpc) is 3.04. The molecule has 3 heterocycles. The highest BCUT2D eigenvalue weighted by atomic mass is 32.2. The Kier molecular flexibility index (Phi) is 3.69. The number of rotatable bonds is 4. The molecule has 106 valence electrons. The van der Waals surface area contributed by atoms with E-state index in [9.17, 15) is 10.4 Å². The predicted molar refractivity (Wildman–Crippen MR) is 80.8 cm³/mol. The fraction of sp³-hybridized carbons (Fsp3) is 0.200. The highest BCUT2D eigenvalue weighted by Gasteiger charge is 2.12. The molecule has 0 aliphatic carbocycles. The molecule has 0 atom stereocenters. The molecule has 0 aliphatic heterocycles. The van der Waals surface area contributed by atoms with E-state index in [-0.39, 0.29) is 6.61 Å². The van der Waals surface area contributed by atoms with Gasteiger partial charge in [0.2, 0.25) is 0 Å². The second kappa shape index (κ2) is 5.64. The number of aromatic nitrogens is 3. The van der Waals surface area contributed by atoms with Crippen LogP contribution in [0.5, 0.6) is 0 Å². The molecule has 0 saturated carbocycles. The van der Waals surface area contributed by atoms with Crippen LogP contribution in [0.15, 0.2) is 41.9 Å². The lowest BCUT2D eigenvalue weighted by molar-refractivity contribution is 0.271. The normalized spacial score (nSPS) is 10.9. The largest absolute Gasteiger partial charge is 0.390 e. The summed E-state index contributed by atoms with van der Waals surface area (Å²) in [6.07, 6.45) is 5.59. The molecular weight excluding hydrogens is 284 g/mol. The zero-order valence-electron chi connectivity index (χ0n) is 11.5. The number of hydrogen-bond donors (Lipinski definition) is 1. The molecule has 0 unspecified atom stereocenters. The lowest BCUT2D eigenvalue weighted by Crippen LogP contribution is -1.97. The molecule has 6 heteroatoms. The molecule has 3 rings (SSSR count). The number of thioether (sulfide) groups is 1. The number of nitriles is 1. The smallest absolute Gasteiger partial charge is 0.168 e. The van der Waals surface area contributed by atoms with E-state index in [1.807, 2.05) is 46.6 Å². The molecule has 0 saturated heterocycles. The Morgan fingerprint density at radius 2 is 2.29 bits per heavy atom. The van der Waals surface area contributed by atoms with Crippen molar-refractivity contribution < 1.29 is 5.11 Å². The number of fused-ring (bicyclic) bond motifs is 1. The Bertz CT molecular complexity index is 828. The van der Waals surface area contributed by atoms with Crippen LogP contribution in [0.25, 0.3) is 5.52 Å². The first-order chi connectivity index (χ1) is 10.2. The van der Waals surface area contributed by atoms with Crippen LogP contribution in [0.4, 0.5) is 0 Å². The summed E-state index contributed by atoms with van der Waals surface area (Å²) in [5.41, 5.74) is 3.40. The second-order valence-corrected chi connectivity index (χ2v) is 5.61. The van der Waals surface area contributed by atoms with Gasteiger partial charge in [-0.1, -0.05) is 17.8 Å². The lowest BCUT2D eigenvalue weighted by atomic mass is 10.2. The van der Waals surface area contributed by atoms with Gasteiger partial charge in [-0.25, -0.2) is 4.98 Å². The summed E-state index contributed by atoms with van der Waals surface area (Å²) in [6, 6.07) is 8.10. The number of aliphatic hydroxyl groups is 1. The maximum atomic E-state index is 9.37. The molecule has 0 aromatic carbocycles. The lowest BCUT2D eigenvalue weighted by Gasteiger charge is -2.03. The van der Waals surface area contributed by atoms with Gasteiger partial charge in [0, 0.05) is 25.2 Å². The molecular formula is C15H14N4OS. The maximum absolute atomic E-state index is 9.37. The molecule has 0 fully saturated rings. The van der Waals surface area contributed by atoms with Crippen LogP contribution in [-0.2, 0) is 19.4 Å². The number of aliphatic hydroxyl groups excluding tert-OH is 1. The summed E-state index contributed by atoms with van der Waals surface area (Å²) < 4.78 is 3.83. The summed E-state index contributed by atoms with van der Waals surface area (Å²) in [5, 5.41) is 19.4. The quantitative estimate of drug-likeness (QED) is 0.751. The van der Waals surface area contributed by atoms with Crippen molar-refractivity contribution in [3.63, 3.8) is 0 Å². The van der Waals surface area contributed by atoms with Crippen LogP contribution in [0.1, 0.15) is 16.8 Å². The summed E-state index contributed by atoms with van der Waals surface area (Å²) in [5.74, 6) is 0.667. The monoisotopic (exact) mass is 298 g/mol. The Hall–Kier alpha value is -2.23. The van der Waals surface area contributed by atoms with E-state index in [0.29, 0.717) is 11.3 Å². The van der Waals surface area contributed by atoms with Gasteiger partial charge in [-0.05, 0) is 17.7 Å². The highest BCUT2D eigenvalue weighted by molar-refractivity contribution is 7.98. The van der Waals surface area contributed by atoms with Crippen molar-refractivity contribution in [3.8, 4) is 6.07 Å². The van der Waals surface area contributed by atoms with E-state index in [2.05, 4.69) is 11.1 Å². The van der Waals surface area contributed by atoms with Crippen molar-refractivity contribution in [2.24, 2.45) is 7.05 Å². The fourth-order valence-corrected chi connectivity index (χ4v) is 3.21. The third kappa shape index (κ3) is 2.42. The van der Waals surface area contributed by atoms with Crippen molar-refractivity contribution in [1.29, 1.82) is 5.26 Å². The molecule has 0 bridgehead atoms. The van der Waals surface area contributed by atoms with E-state index < -0.39 is 0 Å². The van der Waals surface area contributed by atoms with Crippen LogP contribution in [-0.4, -0.2) is 19.1 Å². The van der Waals surface area contributed by atoms with Gasteiger partial charge in [0.05, 0.1) is 29.6 Å². The third-order valence-corrected chi connectivity index (χ3v) is 4.53. The highest BCUT2D eigenvalue weighted by Crippen LogP contribution is 2.26. The molecule has 0 amide bonds. The molecule has 5 nitrogen and oxygen atoms in total. The summed E-state index contributed by atoms with van der Waals surface area (Å²) in [6.45, 7) is -0.0242. The van der Waals surface area contributed by atoms with Crippen molar-refractivity contribution in [3.05, 3.63) is 53.6 Å². The maximum Gasteiger partial charge on any atom is 0.168 e. The van der Waals surface area contributed by atoms with E-state index in [0.717, 1.165) is 21.9 Å². The molecule has 0 spiro atoms. The van der Waals surface area contributed by atoms with E-state index >= 15 is 0 Å². The predicted octanol–water partition coefficient (Wildman–Crippen LogP) is 2.33. The molecule has 21 heavy (non-hydrogen) atoms. The van der Waals surface area contributed by atoms with Crippen molar-refractivity contribution in [1.82, 2.24) is 14.0 Å². The van der Waals surface area contributed by atoms with Gasteiger partial charge in [0.25, 0.3) is 0 Å². The minimum absolute atomic E-state index is 0.0242. The number of nitrogens with zero attached hydrogens (tertiary/aromatic N) is 4. The Labute approximate surface area is 126 Å². The number of pyridine rings is 1. The van der Waals surface area contributed by atoms with Crippen LogP contribution in [0.2, 0.25) is 0 Å². The van der Waals surface area contributed by atoms with E-state index in [4.69, 9.17) is 0 Å². The van der Waals surface area contributed by atoms with Gasteiger partial charge >= 0.3 is 0 Å².